The van der Waals surface area contributed by atoms with Crippen LogP contribution >= 0.6 is 23.5 Å². The van der Waals surface area contributed by atoms with Crippen molar-refractivity contribution in [2.45, 2.75) is 50.0 Å². The van der Waals surface area contributed by atoms with Crippen molar-refractivity contribution >= 4 is 23.5 Å². The Morgan fingerprint density at radius 3 is 1.65 bits per heavy atom. The van der Waals surface area contributed by atoms with Crippen LogP contribution in [0.2, 0.25) is 0 Å². The van der Waals surface area contributed by atoms with Crippen LogP contribution in [0.4, 0.5) is 0 Å². The van der Waals surface area contributed by atoms with Gasteiger partial charge in [-0.2, -0.15) is 10.5 Å². The lowest BCUT2D eigenvalue weighted by molar-refractivity contribution is 0.456. The Morgan fingerprint density at radius 1 is 0.900 bits per heavy atom. The van der Waals surface area contributed by atoms with Crippen molar-refractivity contribution in [1.82, 2.24) is 0 Å². The van der Waals surface area contributed by atoms with Gasteiger partial charge in [0.15, 0.2) is 0 Å². The van der Waals surface area contributed by atoms with Crippen molar-refractivity contribution < 1.29 is 0 Å². The lowest BCUT2D eigenvalue weighted by Gasteiger charge is -2.41. The molecule has 0 heterocycles. The molecule has 106 valence electrons. The van der Waals surface area contributed by atoms with Crippen LogP contribution < -0.4 is 0 Å². The van der Waals surface area contributed by atoms with Crippen molar-refractivity contribution in [3.8, 4) is 10.8 Å². The van der Waals surface area contributed by atoms with Gasteiger partial charge in [0.2, 0.25) is 0 Å². The zero-order valence-corrected chi connectivity index (χ0v) is 14.2. The highest BCUT2D eigenvalue weighted by Crippen LogP contribution is 2.50. The van der Waals surface area contributed by atoms with E-state index in [1.165, 1.54) is 34.7 Å². The Balaban J connectivity index is 3.32. The van der Waals surface area contributed by atoms with Crippen LogP contribution in [0.15, 0.2) is 24.3 Å². The van der Waals surface area contributed by atoms with Gasteiger partial charge in [0.25, 0.3) is 0 Å². The Labute approximate surface area is 130 Å². The van der Waals surface area contributed by atoms with Gasteiger partial charge in [-0.1, -0.05) is 29.8 Å². The second kappa shape index (κ2) is 6.57. The molecular formula is C16H20N2S2. The summed E-state index contributed by atoms with van der Waals surface area (Å²) in [5.41, 5.74) is 2.39. The number of thiocyanates is 2. The van der Waals surface area contributed by atoms with Crippen molar-refractivity contribution in [1.29, 1.82) is 10.5 Å². The molecule has 0 N–H and O–H groups in total. The van der Waals surface area contributed by atoms with E-state index < -0.39 is 0 Å². The first-order valence-electron chi connectivity index (χ1n) is 6.45. The molecule has 0 amide bonds. The second-order valence-corrected chi connectivity index (χ2v) is 8.82. The van der Waals surface area contributed by atoms with Gasteiger partial charge in [-0.15, -0.1) is 0 Å². The highest BCUT2D eigenvalue weighted by Gasteiger charge is 2.43. The van der Waals surface area contributed by atoms with Crippen molar-refractivity contribution in [2.75, 3.05) is 0 Å². The summed E-state index contributed by atoms with van der Waals surface area (Å²) in [6.45, 7) is 10.4. The van der Waals surface area contributed by atoms with E-state index in [2.05, 4.69) is 69.7 Å². The van der Waals surface area contributed by atoms with Crippen molar-refractivity contribution in [2.24, 2.45) is 0 Å². The van der Waals surface area contributed by atoms with Gasteiger partial charge in [0.1, 0.15) is 10.8 Å². The standard InChI is InChI=1S/C16H20N2S2/c1-12-6-8-13(9-7-12)14(15(2,3)19-10-17)16(4,5)20-11-18/h6-9,14H,1-5H3. The molecule has 1 aromatic carbocycles. The van der Waals surface area contributed by atoms with E-state index in [-0.39, 0.29) is 15.4 Å². The first-order valence-corrected chi connectivity index (χ1v) is 8.08. The van der Waals surface area contributed by atoms with Gasteiger partial charge in [0, 0.05) is 15.4 Å². The van der Waals surface area contributed by atoms with Gasteiger partial charge in [-0.05, 0) is 63.7 Å². The van der Waals surface area contributed by atoms with E-state index in [1.54, 1.807) is 0 Å². The molecule has 0 radical (unpaired) electrons. The molecule has 0 aromatic heterocycles. The van der Waals surface area contributed by atoms with Crippen LogP contribution in [0.3, 0.4) is 0 Å². The molecule has 2 nitrogen and oxygen atoms in total. The van der Waals surface area contributed by atoms with E-state index in [0.717, 1.165) is 0 Å². The van der Waals surface area contributed by atoms with E-state index in [9.17, 15) is 0 Å². The summed E-state index contributed by atoms with van der Waals surface area (Å²) >= 11 is 2.55. The third-order valence-electron chi connectivity index (χ3n) is 3.42. The Hall–Kier alpha value is -1.10. The fraction of sp³-hybridized carbons (Fsp3) is 0.500. The molecule has 0 saturated heterocycles. The molecule has 0 spiro atoms. The number of nitrogens with zero attached hydrogens (tertiary/aromatic N) is 2. The Kier molecular flexibility index (Phi) is 5.57. The number of nitriles is 2. The molecule has 0 aliphatic rings. The largest absolute Gasteiger partial charge is 0.185 e. The minimum Gasteiger partial charge on any atom is -0.185 e. The molecule has 0 bridgehead atoms. The van der Waals surface area contributed by atoms with Gasteiger partial charge in [0.05, 0.1) is 0 Å². The summed E-state index contributed by atoms with van der Waals surface area (Å²) in [5.74, 6) is 0.102. The average molecular weight is 304 g/mol. The number of benzene rings is 1. The summed E-state index contributed by atoms with van der Waals surface area (Å²) in [7, 11) is 0. The van der Waals surface area contributed by atoms with Gasteiger partial charge in [-0.25, -0.2) is 0 Å². The number of thioether (sulfide) groups is 2. The van der Waals surface area contributed by atoms with Crippen LogP contribution in [0, 0.1) is 28.3 Å². The molecular weight excluding hydrogens is 284 g/mol. The summed E-state index contributed by atoms with van der Waals surface area (Å²) in [6, 6.07) is 8.39. The SMILES string of the molecule is Cc1ccc(C(C(C)(C)SC#N)C(C)(C)SC#N)cc1. The quantitative estimate of drug-likeness (QED) is 0.713. The smallest absolute Gasteiger partial charge is 0.133 e. The number of hydrogen-bond acceptors (Lipinski definition) is 4. The highest BCUT2D eigenvalue weighted by atomic mass is 32.2. The van der Waals surface area contributed by atoms with Crippen molar-refractivity contribution in [3.63, 3.8) is 0 Å². The van der Waals surface area contributed by atoms with E-state index >= 15 is 0 Å². The lowest BCUT2D eigenvalue weighted by Crippen LogP contribution is -2.39. The monoisotopic (exact) mass is 304 g/mol. The predicted octanol–water partition coefficient (Wildman–Crippen LogP) is 5.06. The predicted molar refractivity (Wildman–Crippen MR) is 88.5 cm³/mol. The normalized spacial score (nSPS) is 12.0. The average Bonchev–Trinajstić information content (AvgIpc) is 2.31. The summed E-state index contributed by atoms with van der Waals surface area (Å²) in [6.07, 6.45) is 0. The first kappa shape index (κ1) is 17.0. The van der Waals surface area contributed by atoms with E-state index in [1.807, 2.05) is 0 Å². The molecule has 1 aromatic rings. The maximum Gasteiger partial charge on any atom is 0.133 e. The van der Waals surface area contributed by atoms with Gasteiger partial charge in [-0.3, -0.25) is 0 Å². The molecule has 0 atom stereocenters. The van der Waals surface area contributed by atoms with Crippen LogP contribution in [0.5, 0.6) is 0 Å². The van der Waals surface area contributed by atoms with Crippen LogP contribution in [-0.2, 0) is 0 Å². The minimum atomic E-state index is -0.267. The third kappa shape index (κ3) is 3.95. The lowest BCUT2D eigenvalue weighted by atomic mass is 9.78. The maximum atomic E-state index is 9.08. The fourth-order valence-electron chi connectivity index (χ4n) is 2.75. The second-order valence-electron chi connectivity index (χ2n) is 5.94. The number of rotatable bonds is 5. The fourth-order valence-corrected chi connectivity index (χ4v) is 4.39. The van der Waals surface area contributed by atoms with Crippen LogP contribution in [0.1, 0.15) is 44.7 Å². The molecule has 20 heavy (non-hydrogen) atoms. The Bertz CT molecular complexity index is 505. The van der Waals surface area contributed by atoms with Crippen molar-refractivity contribution in [3.05, 3.63) is 35.4 Å². The molecule has 4 heteroatoms. The molecule has 0 unspecified atom stereocenters. The first-order chi connectivity index (χ1) is 9.24. The summed E-state index contributed by atoms with van der Waals surface area (Å²) in [4.78, 5) is 0. The van der Waals surface area contributed by atoms with Gasteiger partial charge >= 0.3 is 0 Å². The van der Waals surface area contributed by atoms with Crippen LogP contribution in [-0.4, -0.2) is 9.49 Å². The molecule has 0 aliphatic heterocycles. The number of aryl methyl sites for hydroxylation is 1. The number of hydrogen-bond donors (Lipinski definition) is 0. The van der Waals surface area contributed by atoms with Crippen LogP contribution in [0.25, 0.3) is 0 Å². The van der Waals surface area contributed by atoms with Gasteiger partial charge < -0.3 is 0 Å². The summed E-state index contributed by atoms with van der Waals surface area (Å²) < 4.78 is -0.533. The molecule has 1 rings (SSSR count). The van der Waals surface area contributed by atoms with E-state index in [4.69, 9.17) is 10.5 Å². The Morgan fingerprint density at radius 2 is 1.30 bits per heavy atom. The third-order valence-corrected chi connectivity index (χ3v) is 5.12. The molecule has 0 aliphatic carbocycles. The zero-order valence-electron chi connectivity index (χ0n) is 12.6. The molecule has 0 saturated carbocycles. The highest BCUT2D eigenvalue weighted by molar-refractivity contribution is 8.06. The maximum absolute atomic E-state index is 9.08. The molecule has 0 fully saturated rings. The zero-order chi connectivity index (χ0) is 15.4. The summed E-state index contributed by atoms with van der Waals surface area (Å²) in [5, 5.41) is 22.6. The topological polar surface area (TPSA) is 47.6 Å². The minimum absolute atomic E-state index is 0.102. The van der Waals surface area contributed by atoms with E-state index in [0.29, 0.717) is 0 Å².